The summed E-state index contributed by atoms with van der Waals surface area (Å²) in [6, 6.07) is 16.4. The third-order valence-corrected chi connectivity index (χ3v) is 2.93. The van der Waals surface area contributed by atoms with E-state index in [1.807, 2.05) is 30.3 Å². The number of benzene rings is 2. The van der Waals surface area contributed by atoms with Gasteiger partial charge in [0.15, 0.2) is 0 Å². The Bertz CT molecular complexity index is 626. The lowest BCUT2D eigenvalue weighted by Crippen LogP contribution is -2.29. The van der Waals surface area contributed by atoms with Crippen LogP contribution in [0.2, 0.25) is 0 Å². The van der Waals surface area contributed by atoms with Crippen LogP contribution in [-0.4, -0.2) is 11.9 Å². The van der Waals surface area contributed by atoms with Gasteiger partial charge in [0.1, 0.15) is 0 Å². The Morgan fingerprint density at radius 2 is 1.62 bits per heavy atom. The molecule has 0 aliphatic heterocycles. The Morgan fingerprint density at radius 1 is 0.952 bits per heavy atom. The number of amides is 3. The smallest absolute Gasteiger partial charge is 0.319 e. The van der Waals surface area contributed by atoms with E-state index in [2.05, 4.69) is 10.6 Å². The molecule has 0 heterocycles. The molecule has 0 radical (unpaired) electrons. The lowest BCUT2D eigenvalue weighted by Gasteiger charge is -2.11. The highest BCUT2D eigenvalue weighted by molar-refractivity contribution is 5.91. The number of hydrogen-bond donors (Lipinski definition) is 3. The first-order chi connectivity index (χ1) is 10.1. The number of nitrogens with one attached hydrogen (secondary N) is 2. The fourth-order valence-corrected chi connectivity index (χ4v) is 1.93. The van der Waals surface area contributed by atoms with Crippen LogP contribution in [0.4, 0.5) is 10.5 Å². The third-order valence-electron chi connectivity index (χ3n) is 2.93. The number of primary amides is 1. The van der Waals surface area contributed by atoms with E-state index < -0.39 is 5.91 Å². The molecule has 2 aromatic carbocycles. The van der Waals surface area contributed by atoms with Gasteiger partial charge in [0, 0.05) is 12.2 Å². The molecule has 0 bridgehead atoms. The van der Waals surface area contributed by atoms with E-state index in [1.54, 1.807) is 24.3 Å². The van der Waals surface area contributed by atoms with Crippen molar-refractivity contribution in [1.82, 2.24) is 5.32 Å². The van der Waals surface area contributed by atoms with E-state index in [0.717, 1.165) is 5.56 Å². The van der Waals surface area contributed by atoms with Gasteiger partial charge in [-0.25, -0.2) is 4.79 Å². The van der Waals surface area contributed by atoms with Gasteiger partial charge in [0.25, 0.3) is 0 Å². The molecule has 21 heavy (non-hydrogen) atoms. The highest BCUT2D eigenvalue weighted by atomic mass is 16.2. The molecule has 0 fully saturated rings. The molecule has 5 heteroatoms. The molecule has 0 spiro atoms. The second-order valence-corrected chi connectivity index (χ2v) is 4.59. The first-order valence-electron chi connectivity index (χ1n) is 6.60. The standard InChI is InChI=1S/C16H17N3O2/c17-15(20)10-13-8-4-5-9-14(13)19-16(21)18-11-12-6-2-1-3-7-12/h1-9H,10-11H2,(H2,17,20)(H2,18,19,21). The summed E-state index contributed by atoms with van der Waals surface area (Å²) < 4.78 is 0. The second kappa shape index (κ2) is 7.09. The summed E-state index contributed by atoms with van der Waals surface area (Å²) in [6.07, 6.45) is 0.0924. The number of para-hydroxylation sites is 1. The lowest BCUT2D eigenvalue weighted by molar-refractivity contribution is -0.117. The van der Waals surface area contributed by atoms with Gasteiger partial charge in [-0.3, -0.25) is 4.79 Å². The first-order valence-corrected chi connectivity index (χ1v) is 6.60. The van der Waals surface area contributed by atoms with E-state index in [-0.39, 0.29) is 12.5 Å². The number of rotatable bonds is 5. The monoisotopic (exact) mass is 283 g/mol. The molecule has 2 aromatic rings. The zero-order valence-electron chi connectivity index (χ0n) is 11.5. The van der Waals surface area contributed by atoms with Crippen LogP contribution in [0.25, 0.3) is 0 Å². The Balaban J connectivity index is 1.95. The van der Waals surface area contributed by atoms with E-state index in [9.17, 15) is 9.59 Å². The summed E-state index contributed by atoms with van der Waals surface area (Å²) in [6.45, 7) is 0.435. The van der Waals surface area contributed by atoms with E-state index in [0.29, 0.717) is 17.8 Å². The molecule has 0 aromatic heterocycles. The van der Waals surface area contributed by atoms with Crippen molar-refractivity contribution in [2.24, 2.45) is 5.73 Å². The van der Waals surface area contributed by atoms with Gasteiger partial charge in [-0.15, -0.1) is 0 Å². The molecular formula is C16H17N3O2. The molecule has 0 saturated heterocycles. The average molecular weight is 283 g/mol. The fourth-order valence-electron chi connectivity index (χ4n) is 1.93. The molecule has 3 amide bonds. The summed E-state index contributed by atoms with van der Waals surface area (Å²) in [4.78, 5) is 22.9. The molecule has 4 N–H and O–H groups in total. The van der Waals surface area contributed by atoms with Crippen molar-refractivity contribution in [3.05, 3.63) is 65.7 Å². The average Bonchev–Trinajstić information content (AvgIpc) is 2.48. The van der Waals surface area contributed by atoms with Gasteiger partial charge in [-0.2, -0.15) is 0 Å². The van der Waals surface area contributed by atoms with Crippen LogP contribution >= 0.6 is 0 Å². The number of carbonyl (C=O) groups excluding carboxylic acids is 2. The molecule has 0 atom stereocenters. The summed E-state index contributed by atoms with van der Waals surface area (Å²) in [5, 5.41) is 5.49. The minimum Gasteiger partial charge on any atom is -0.369 e. The summed E-state index contributed by atoms with van der Waals surface area (Å²) >= 11 is 0. The minimum absolute atomic E-state index is 0.0924. The van der Waals surface area contributed by atoms with Crippen LogP contribution in [0.5, 0.6) is 0 Å². The molecule has 0 aliphatic rings. The van der Waals surface area contributed by atoms with Crippen LogP contribution in [0.15, 0.2) is 54.6 Å². The van der Waals surface area contributed by atoms with Crippen molar-refractivity contribution in [2.75, 3.05) is 5.32 Å². The number of hydrogen-bond acceptors (Lipinski definition) is 2. The van der Waals surface area contributed by atoms with Crippen molar-refractivity contribution in [3.8, 4) is 0 Å². The van der Waals surface area contributed by atoms with E-state index >= 15 is 0 Å². The predicted octanol–water partition coefficient (Wildman–Crippen LogP) is 2.04. The number of nitrogens with two attached hydrogens (primary N) is 1. The van der Waals surface area contributed by atoms with Crippen LogP contribution in [0.1, 0.15) is 11.1 Å². The van der Waals surface area contributed by atoms with Crippen LogP contribution in [0, 0.1) is 0 Å². The maximum atomic E-state index is 11.9. The quantitative estimate of drug-likeness (QED) is 0.784. The zero-order valence-corrected chi connectivity index (χ0v) is 11.5. The molecule has 0 aliphatic carbocycles. The van der Waals surface area contributed by atoms with Gasteiger partial charge in [-0.1, -0.05) is 48.5 Å². The van der Waals surface area contributed by atoms with Crippen molar-refractivity contribution >= 4 is 17.6 Å². The highest BCUT2D eigenvalue weighted by Crippen LogP contribution is 2.15. The largest absolute Gasteiger partial charge is 0.369 e. The number of urea groups is 1. The van der Waals surface area contributed by atoms with Gasteiger partial charge < -0.3 is 16.4 Å². The van der Waals surface area contributed by atoms with Gasteiger partial charge in [-0.05, 0) is 17.2 Å². The van der Waals surface area contributed by atoms with Gasteiger partial charge in [0.05, 0.1) is 6.42 Å². The van der Waals surface area contributed by atoms with Gasteiger partial charge in [0.2, 0.25) is 5.91 Å². The normalized spacial score (nSPS) is 9.90. The fraction of sp³-hybridized carbons (Fsp3) is 0.125. The van der Waals surface area contributed by atoms with Crippen LogP contribution in [0.3, 0.4) is 0 Å². The van der Waals surface area contributed by atoms with Crippen molar-refractivity contribution in [3.63, 3.8) is 0 Å². The van der Waals surface area contributed by atoms with E-state index in [4.69, 9.17) is 5.73 Å². The highest BCUT2D eigenvalue weighted by Gasteiger charge is 2.08. The summed E-state index contributed by atoms with van der Waals surface area (Å²) in [5.74, 6) is -0.436. The van der Waals surface area contributed by atoms with Crippen molar-refractivity contribution in [2.45, 2.75) is 13.0 Å². The van der Waals surface area contributed by atoms with Crippen molar-refractivity contribution < 1.29 is 9.59 Å². The Labute approximate surface area is 123 Å². The third kappa shape index (κ3) is 4.65. The van der Waals surface area contributed by atoms with Crippen LogP contribution < -0.4 is 16.4 Å². The first kappa shape index (κ1) is 14.6. The Morgan fingerprint density at radius 3 is 2.33 bits per heavy atom. The zero-order chi connectivity index (χ0) is 15.1. The second-order valence-electron chi connectivity index (χ2n) is 4.59. The number of anilines is 1. The topological polar surface area (TPSA) is 84.2 Å². The summed E-state index contributed by atoms with van der Waals surface area (Å²) in [7, 11) is 0. The molecule has 0 saturated carbocycles. The Kier molecular flexibility index (Phi) is 4.93. The summed E-state index contributed by atoms with van der Waals surface area (Å²) in [5.41, 5.74) is 7.48. The van der Waals surface area contributed by atoms with Gasteiger partial charge >= 0.3 is 6.03 Å². The van der Waals surface area contributed by atoms with Crippen molar-refractivity contribution in [1.29, 1.82) is 0 Å². The Hall–Kier alpha value is -2.82. The lowest BCUT2D eigenvalue weighted by atomic mass is 10.1. The number of carbonyl (C=O) groups is 2. The maximum Gasteiger partial charge on any atom is 0.319 e. The molecule has 108 valence electrons. The molecule has 0 unspecified atom stereocenters. The molecule has 2 rings (SSSR count). The minimum atomic E-state index is -0.436. The maximum absolute atomic E-state index is 11.9. The SMILES string of the molecule is NC(=O)Cc1ccccc1NC(=O)NCc1ccccc1. The van der Waals surface area contributed by atoms with E-state index in [1.165, 1.54) is 0 Å². The molecular weight excluding hydrogens is 266 g/mol. The predicted molar refractivity (Wildman–Crippen MR) is 81.6 cm³/mol. The molecule has 5 nitrogen and oxygen atoms in total. The van der Waals surface area contributed by atoms with Crippen LogP contribution in [-0.2, 0) is 17.8 Å².